The van der Waals surface area contributed by atoms with Crippen LogP contribution < -0.4 is 5.73 Å². The van der Waals surface area contributed by atoms with Gasteiger partial charge in [0, 0.05) is 16.8 Å². The molecule has 4 aromatic rings. The molecule has 0 fully saturated rings. The monoisotopic (exact) mass is 374 g/mol. The molecule has 0 amide bonds. The first kappa shape index (κ1) is 18.5. The average Bonchev–Trinajstić information content (AvgIpc) is 2.79. The number of allylic oxidation sites excluding steroid dienone is 2. The number of hydrogen-bond donors (Lipinski definition) is 1. The van der Waals surface area contributed by atoms with Gasteiger partial charge in [0.1, 0.15) is 0 Å². The van der Waals surface area contributed by atoms with E-state index in [0.717, 1.165) is 50.5 Å². The minimum Gasteiger partial charge on any atom is -0.399 e. The molecule has 2 heteroatoms. The Labute approximate surface area is 171 Å². The van der Waals surface area contributed by atoms with Crippen LogP contribution in [0.15, 0.2) is 110 Å². The van der Waals surface area contributed by atoms with E-state index in [9.17, 15) is 0 Å². The molecule has 3 aromatic carbocycles. The lowest BCUT2D eigenvalue weighted by molar-refractivity contribution is 1.32. The van der Waals surface area contributed by atoms with Gasteiger partial charge in [-0.15, -0.1) is 0 Å². The highest BCUT2D eigenvalue weighted by Gasteiger charge is 2.10. The van der Waals surface area contributed by atoms with Crippen molar-refractivity contribution in [1.82, 2.24) is 4.98 Å². The van der Waals surface area contributed by atoms with Gasteiger partial charge in [-0.25, -0.2) is 4.98 Å². The van der Waals surface area contributed by atoms with Gasteiger partial charge >= 0.3 is 0 Å². The number of anilines is 1. The molecule has 0 aliphatic heterocycles. The summed E-state index contributed by atoms with van der Waals surface area (Å²) in [6, 6.07) is 30.6. The summed E-state index contributed by atoms with van der Waals surface area (Å²) in [6.45, 7) is 7.89. The number of rotatable bonds is 5. The first-order valence-electron chi connectivity index (χ1n) is 9.49. The van der Waals surface area contributed by atoms with E-state index >= 15 is 0 Å². The number of hydrogen-bond acceptors (Lipinski definition) is 2. The van der Waals surface area contributed by atoms with Gasteiger partial charge in [-0.2, -0.15) is 0 Å². The fraction of sp³-hybridized carbons (Fsp3) is 0. The first-order chi connectivity index (χ1) is 14.1. The highest BCUT2D eigenvalue weighted by Crippen LogP contribution is 2.31. The van der Waals surface area contributed by atoms with Crippen molar-refractivity contribution in [1.29, 1.82) is 0 Å². The Morgan fingerprint density at radius 1 is 0.690 bits per heavy atom. The number of benzene rings is 3. The van der Waals surface area contributed by atoms with Gasteiger partial charge in [0.2, 0.25) is 0 Å². The molecule has 2 nitrogen and oxygen atoms in total. The maximum absolute atomic E-state index is 6.02. The molecule has 0 saturated heterocycles. The van der Waals surface area contributed by atoms with Gasteiger partial charge < -0.3 is 5.73 Å². The fourth-order valence-corrected chi connectivity index (χ4v) is 3.32. The first-order valence-corrected chi connectivity index (χ1v) is 9.49. The lowest BCUT2D eigenvalue weighted by Gasteiger charge is -2.11. The third-order valence-corrected chi connectivity index (χ3v) is 4.89. The molecular weight excluding hydrogens is 352 g/mol. The summed E-state index contributed by atoms with van der Waals surface area (Å²) in [5, 5.41) is 0. The van der Waals surface area contributed by atoms with Crippen molar-refractivity contribution in [2.24, 2.45) is 0 Å². The molecule has 1 aromatic heterocycles. The molecule has 0 radical (unpaired) electrons. The minimum atomic E-state index is 0.722. The minimum absolute atomic E-state index is 0.722. The van der Waals surface area contributed by atoms with Crippen molar-refractivity contribution in [2.45, 2.75) is 0 Å². The summed E-state index contributed by atoms with van der Waals surface area (Å²) >= 11 is 0. The molecule has 29 heavy (non-hydrogen) atoms. The largest absolute Gasteiger partial charge is 0.399 e. The van der Waals surface area contributed by atoms with Crippen LogP contribution >= 0.6 is 0 Å². The lowest BCUT2D eigenvalue weighted by Crippen LogP contribution is -1.93. The predicted molar refractivity (Wildman–Crippen MR) is 124 cm³/mol. The van der Waals surface area contributed by atoms with E-state index in [1.807, 2.05) is 54.6 Å². The molecule has 0 bridgehead atoms. The van der Waals surface area contributed by atoms with Crippen molar-refractivity contribution in [3.8, 4) is 33.6 Å². The van der Waals surface area contributed by atoms with Crippen molar-refractivity contribution < 1.29 is 0 Å². The van der Waals surface area contributed by atoms with Gasteiger partial charge in [-0.05, 0) is 52.6 Å². The van der Waals surface area contributed by atoms with Crippen LogP contribution in [0.4, 0.5) is 5.69 Å². The summed E-state index contributed by atoms with van der Waals surface area (Å²) in [4.78, 5) is 4.96. The molecule has 0 unspecified atom stereocenters. The van der Waals surface area contributed by atoms with Crippen LogP contribution in [0.2, 0.25) is 0 Å². The number of nitrogens with two attached hydrogens (primary N) is 1. The van der Waals surface area contributed by atoms with Gasteiger partial charge in [0.25, 0.3) is 0 Å². The third kappa shape index (κ3) is 4.02. The third-order valence-electron chi connectivity index (χ3n) is 4.89. The summed E-state index contributed by atoms with van der Waals surface area (Å²) < 4.78 is 0. The lowest BCUT2D eigenvalue weighted by atomic mass is 9.98. The Hall–Kier alpha value is -3.91. The molecule has 4 rings (SSSR count). The fourth-order valence-electron chi connectivity index (χ4n) is 3.32. The second-order valence-electron chi connectivity index (χ2n) is 6.93. The highest BCUT2D eigenvalue weighted by molar-refractivity contribution is 5.79. The Morgan fingerprint density at radius 2 is 1.31 bits per heavy atom. The van der Waals surface area contributed by atoms with Crippen molar-refractivity contribution in [3.05, 3.63) is 116 Å². The maximum atomic E-state index is 6.02. The average molecular weight is 374 g/mol. The smallest absolute Gasteiger partial charge is 0.0716 e. The van der Waals surface area contributed by atoms with Crippen molar-refractivity contribution >= 4 is 11.3 Å². The van der Waals surface area contributed by atoms with E-state index in [0.29, 0.717) is 0 Å². The molecule has 140 valence electrons. The second kappa shape index (κ2) is 7.99. The van der Waals surface area contributed by atoms with Crippen molar-refractivity contribution in [2.75, 3.05) is 5.73 Å². The molecule has 1 heterocycles. The van der Waals surface area contributed by atoms with Crippen LogP contribution in [-0.2, 0) is 0 Å². The topological polar surface area (TPSA) is 38.9 Å². The number of pyridine rings is 1. The summed E-state index contributed by atoms with van der Waals surface area (Å²) in [6.07, 6.45) is 1.77. The van der Waals surface area contributed by atoms with E-state index in [4.69, 9.17) is 10.7 Å². The summed E-state index contributed by atoms with van der Waals surface area (Å²) in [7, 11) is 0. The van der Waals surface area contributed by atoms with E-state index in [2.05, 4.69) is 49.6 Å². The number of aromatic nitrogens is 1. The zero-order chi connectivity index (χ0) is 20.2. The maximum Gasteiger partial charge on any atom is 0.0716 e. The van der Waals surface area contributed by atoms with Gasteiger partial charge in [-0.3, -0.25) is 0 Å². The van der Waals surface area contributed by atoms with Crippen LogP contribution in [0.3, 0.4) is 0 Å². The quantitative estimate of drug-likeness (QED) is 0.306. The highest BCUT2D eigenvalue weighted by atomic mass is 14.7. The Morgan fingerprint density at radius 3 is 1.97 bits per heavy atom. The van der Waals surface area contributed by atoms with E-state index in [1.165, 1.54) is 0 Å². The van der Waals surface area contributed by atoms with Crippen LogP contribution in [0.25, 0.3) is 39.2 Å². The molecule has 0 aliphatic carbocycles. The normalized spacial score (nSPS) is 10.5. The van der Waals surface area contributed by atoms with Crippen LogP contribution in [-0.4, -0.2) is 4.98 Å². The standard InChI is InChI=1S/C27H22N2/c1-3-19(2)21-11-7-12-22(15-21)26-17-24(20-9-5-4-6-10-20)18-27(29-26)23-13-8-14-25(28)16-23/h3-18H,1-2,28H2. The zero-order valence-corrected chi connectivity index (χ0v) is 16.2. The molecule has 2 N–H and O–H groups in total. The van der Waals surface area contributed by atoms with E-state index < -0.39 is 0 Å². The Balaban J connectivity index is 1.91. The summed E-state index contributed by atoms with van der Waals surface area (Å²) in [5.74, 6) is 0. The van der Waals surface area contributed by atoms with E-state index in [1.54, 1.807) is 6.08 Å². The van der Waals surface area contributed by atoms with Gasteiger partial charge in [-0.1, -0.05) is 79.9 Å². The second-order valence-corrected chi connectivity index (χ2v) is 6.93. The SMILES string of the molecule is C=CC(=C)c1cccc(-c2cc(-c3ccccc3)cc(-c3cccc(N)c3)n2)c1. The molecule has 0 aliphatic rings. The molecule has 0 spiro atoms. The summed E-state index contributed by atoms with van der Waals surface area (Å²) in [5.41, 5.74) is 14.8. The number of nitrogens with zero attached hydrogens (tertiary/aromatic N) is 1. The molecule has 0 atom stereocenters. The molecule has 0 saturated carbocycles. The Bertz CT molecular complexity index is 1190. The van der Waals surface area contributed by atoms with Gasteiger partial charge in [0.15, 0.2) is 0 Å². The predicted octanol–water partition coefficient (Wildman–Crippen LogP) is 6.86. The van der Waals surface area contributed by atoms with Crippen LogP contribution in [0, 0.1) is 0 Å². The van der Waals surface area contributed by atoms with Gasteiger partial charge in [0.05, 0.1) is 11.4 Å². The zero-order valence-electron chi connectivity index (χ0n) is 16.2. The van der Waals surface area contributed by atoms with Crippen LogP contribution in [0.1, 0.15) is 5.56 Å². The van der Waals surface area contributed by atoms with E-state index in [-0.39, 0.29) is 0 Å². The Kier molecular flexibility index (Phi) is 5.08. The molecular formula is C27H22N2. The number of nitrogen functional groups attached to an aromatic ring is 1. The van der Waals surface area contributed by atoms with Crippen LogP contribution in [0.5, 0.6) is 0 Å². The van der Waals surface area contributed by atoms with Crippen molar-refractivity contribution in [3.63, 3.8) is 0 Å².